The Labute approximate surface area is 293 Å². The first-order valence-corrected chi connectivity index (χ1v) is 18.3. The van der Waals surface area contributed by atoms with Crippen molar-refractivity contribution in [2.24, 2.45) is 0 Å². The fourth-order valence-corrected chi connectivity index (χ4v) is 6.12. The first-order valence-electron chi connectivity index (χ1n) is 18.3. The maximum atomic E-state index is 10.3. The lowest BCUT2D eigenvalue weighted by molar-refractivity contribution is -0.108. The van der Waals surface area contributed by atoms with E-state index in [2.05, 4.69) is 88.5 Å². The molecule has 1 aromatic heterocycles. The minimum Gasteiger partial charge on any atom is -0.494 e. The minimum atomic E-state index is 0.00558. The predicted octanol–water partition coefficient (Wildman–Crippen LogP) is 6.53. The van der Waals surface area contributed by atoms with E-state index in [-0.39, 0.29) is 11.5 Å². The molecule has 1 fully saturated rings. The average molecular weight is 675 g/mol. The summed E-state index contributed by atoms with van der Waals surface area (Å²) in [6, 6.07) is 21.6. The first kappa shape index (κ1) is 38.5. The summed E-state index contributed by atoms with van der Waals surface area (Å²) in [6.45, 7) is 10.4. The Kier molecular flexibility index (Phi) is 18.2. The normalized spacial score (nSPS) is 14.7. The quantitative estimate of drug-likeness (QED) is 0.0649. The van der Waals surface area contributed by atoms with Crippen molar-refractivity contribution in [3.63, 3.8) is 0 Å². The Morgan fingerprint density at radius 2 is 1.45 bits per heavy atom. The van der Waals surface area contributed by atoms with Crippen molar-refractivity contribution >= 4 is 12.0 Å². The van der Waals surface area contributed by atoms with E-state index < -0.39 is 0 Å². The van der Waals surface area contributed by atoms with Crippen molar-refractivity contribution in [3.05, 3.63) is 89.7 Å². The number of hydrogen-bond donors (Lipinski definition) is 3. The molecule has 0 amide bonds. The van der Waals surface area contributed by atoms with E-state index in [0.717, 1.165) is 96.4 Å². The highest BCUT2D eigenvalue weighted by Gasteiger charge is 2.31. The van der Waals surface area contributed by atoms with Crippen LogP contribution >= 0.6 is 0 Å². The Bertz CT molecular complexity index is 1300. The number of carbonyl (C=O) groups excluding carboxylic acids is 1. The van der Waals surface area contributed by atoms with Gasteiger partial charge in [-0.25, -0.2) is 0 Å². The minimum absolute atomic E-state index is 0.00558. The number of anilines is 1. The van der Waals surface area contributed by atoms with Crippen LogP contribution in [0.3, 0.4) is 0 Å². The van der Waals surface area contributed by atoms with Gasteiger partial charge in [-0.3, -0.25) is 4.98 Å². The Hall–Kier alpha value is -3.34. The van der Waals surface area contributed by atoms with Crippen molar-refractivity contribution in [2.75, 3.05) is 71.2 Å². The average Bonchev–Trinajstić information content (AvgIpc) is 3.13. The van der Waals surface area contributed by atoms with Crippen LogP contribution in [0.25, 0.3) is 0 Å². The van der Waals surface area contributed by atoms with Gasteiger partial charge in [-0.2, -0.15) is 0 Å². The highest BCUT2D eigenvalue weighted by atomic mass is 16.5. The van der Waals surface area contributed by atoms with Crippen LogP contribution in [0.4, 0.5) is 5.69 Å². The molecule has 0 bridgehead atoms. The van der Waals surface area contributed by atoms with Gasteiger partial charge >= 0.3 is 0 Å². The fourth-order valence-electron chi connectivity index (χ4n) is 6.12. The van der Waals surface area contributed by atoms with Gasteiger partial charge in [-0.05, 0) is 105 Å². The fraction of sp³-hybridized carbons (Fsp3) is 0.550. The van der Waals surface area contributed by atoms with E-state index >= 15 is 0 Å². The molecule has 1 aliphatic rings. The van der Waals surface area contributed by atoms with Crippen LogP contribution in [0.2, 0.25) is 0 Å². The van der Waals surface area contributed by atoms with E-state index in [4.69, 9.17) is 18.9 Å². The van der Waals surface area contributed by atoms with E-state index in [9.17, 15) is 4.79 Å². The van der Waals surface area contributed by atoms with Gasteiger partial charge in [0, 0.05) is 56.7 Å². The summed E-state index contributed by atoms with van der Waals surface area (Å²) in [6.07, 6.45) is 12.4. The summed E-state index contributed by atoms with van der Waals surface area (Å²) in [7, 11) is 0. The van der Waals surface area contributed by atoms with E-state index in [1.165, 1.54) is 22.4 Å². The van der Waals surface area contributed by atoms with Gasteiger partial charge in [0.25, 0.3) is 0 Å². The number of unbranched alkanes of at least 4 members (excludes halogenated alkanes) is 4. The number of aldehydes is 1. The van der Waals surface area contributed by atoms with E-state index in [1.807, 2.05) is 12.4 Å². The van der Waals surface area contributed by atoms with Crippen LogP contribution in [0.5, 0.6) is 5.75 Å². The molecule has 2 heterocycles. The molecule has 0 radical (unpaired) electrons. The molecule has 49 heavy (non-hydrogen) atoms. The Morgan fingerprint density at radius 1 is 0.796 bits per heavy atom. The number of carbonyl (C=O) groups is 1. The third-order valence-corrected chi connectivity index (χ3v) is 9.06. The maximum absolute atomic E-state index is 10.3. The predicted molar refractivity (Wildman–Crippen MR) is 197 cm³/mol. The van der Waals surface area contributed by atoms with Gasteiger partial charge in [0.2, 0.25) is 0 Å². The molecule has 1 aliphatic heterocycles. The van der Waals surface area contributed by atoms with Crippen molar-refractivity contribution in [1.82, 2.24) is 15.6 Å². The van der Waals surface area contributed by atoms with Crippen molar-refractivity contribution in [3.8, 4) is 5.75 Å². The van der Waals surface area contributed by atoms with Gasteiger partial charge < -0.3 is 39.7 Å². The Balaban J connectivity index is 1.12. The lowest BCUT2D eigenvalue weighted by Crippen LogP contribution is -2.53. The zero-order valence-corrected chi connectivity index (χ0v) is 29.5. The number of nitrogens with zero attached hydrogens (tertiary/aromatic N) is 1. The van der Waals surface area contributed by atoms with Crippen molar-refractivity contribution in [2.45, 2.75) is 76.3 Å². The number of benzene rings is 2. The molecule has 3 aromatic rings. The molecule has 9 nitrogen and oxygen atoms in total. The number of aromatic nitrogens is 1. The number of nitrogens with one attached hydrogen (secondary N) is 3. The summed E-state index contributed by atoms with van der Waals surface area (Å²) >= 11 is 0. The topological polar surface area (TPSA) is 103 Å². The zero-order chi connectivity index (χ0) is 34.2. The summed E-state index contributed by atoms with van der Waals surface area (Å²) in [5, 5.41) is 11.2. The SMILES string of the molecule is C[C@@H](c1cccc(NC2(CNCc3ccncc3)CCNCC2)c1)c1cccc(OCCCCCCOCCOCCOCCCC=O)c1. The highest BCUT2D eigenvalue weighted by molar-refractivity contribution is 5.51. The van der Waals surface area contributed by atoms with Gasteiger partial charge in [0.1, 0.15) is 12.0 Å². The van der Waals surface area contributed by atoms with Gasteiger partial charge in [-0.15, -0.1) is 0 Å². The molecule has 2 aromatic carbocycles. The summed E-state index contributed by atoms with van der Waals surface area (Å²) < 4.78 is 22.7. The van der Waals surface area contributed by atoms with Crippen molar-refractivity contribution in [1.29, 1.82) is 0 Å². The standard InChI is InChI=1S/C40H58N4O5/c1-34(36-10-8-12-38(30-36)44-40(16-20-42-21-17-40)33-43-32-35-14-18-41-19-15-35)37-11-9-13-39(31-37)49-25-6-3-2-5-23-46-26-28-48-29-27-47-24-7-4-22-45/h8-15,18-19,22,30-31,34,42-44H,2-7,16-17,20-21,23-29,32-33H2,1H3/t34-/m0/s1. The number of hydrogen-bond acceptors (Lipinski definition) is 9. The molecule has 4 rings (SSSR count). The van der Waals surface area contributed by atoms with Crippen LogP contribution in [0.1, 0.15) is 80.9 Å². The summed E-state index contributed by atoms with van der Waals surface area (Å²) in [5.74, 6) is 1.18. The lowest BCUT2D eigenvalue weighted by atomic mass is 9.87. The molecule has 1 atom stereocenters. The number of ether oxygens (including phenoxy) is 4. The molecule has 0 saturated carbocycles. The molecule has 268 valence electrons. The number of rotatable bonds is 26. The monoisotopic (exact) mass is 674 g/mol. The first-order chi connectivity index (χ1) is 24.2. The third-order valence-electron chi connectivity index (χ3n) is 9.06. The molecular formula is C40H58N4O5. The maximum Gasteiger partial charge on any atom is 0.120 e. The third kappa shape index (κ3) is 15.0. The smallest absolute Gasteiger partial charge is 0.120 e. The molecule has 3 N–H and O–H groups in total. The highest BCUT2D eigenvalue weighted by Crippen LogP contribution is 2.31. The second kappa shape index (κ2) is 23.1. The molecule has 9 heteroatoms. The van der Waals surface area contributed by atoms with Crippen molar-refractivity contribution < 1.29 is 23.7 Å². The van der Waals surface area contributed by atoms with Crippen LogP contribution in [-0.4, -0.2) is 82.7 Å². The van der Waals surface area contributed by atoms with Gasteiger partial charge in [0.15, 0.2) is 0 Å². The molecule has 0 aliphatic carbocycles. The van der Waals surface area contributed by atoms with Crippen LogP contribution < -0.4 is 20.7 Å². The number of piperidine rings is 1. The zero-order valence-electron chi connectivity index (χ0n) is 29.5. The summed E-state index contributed by atoms with van der Waals surface area (Å²) in [5.41, 5.74) is 4.98. The second-order valence-electron chi connectivity index (χ2n) is 12.9. The van der Waals surface area contributed by atoms with E-state index in [1.54, 1.807) is 0 Å². The van der Waals surface area contributed by atoms with Crippen LogP contribution in [-0.2, 0) is 25.5 Å². The lowest BCUT2D eigenvalue weighted by Gasteiger charge is -2.40. The summed E-state index contributed by atoms with van der Waals surface area (Å²) in [4.78, 5) is 14.4. The van der Waals surface area contributed by atoms with Gasteiger partial charge in [0.05, 0.1) is 38.6 Å². The molecule has 0 unspecified atom stereocenters. The number of pyridine rings is 1. The van der Waals surface area contributed by atoms with E-state index in [0.29, 0.717) is 39.5 Å². The largest absolute Gasteiger partial charge is 0.494 e. The molecular weight excluding hydrogens is 616 g/mol. The van der Waals surface area contributed by atoms with Gasteiger partial charge in [-0.1, -0.05) is 37.6 Å². The second-order valence-corrected chi connectivity index (χ2v) is 12.9. The molecule has 0 spiro atoms. The Morgan fingerprint density at radius 3 is 2.18 bits per heavy atom. The molecule has 1 saturated heterocycles. The van der Waals surface area contributed by atoms with Crippen LogP contribution in [0, 0.1) is 0 Å². The van der Waals surface area contributed by atoms with Crippen LogP contribution in [0.15, 0.2) is 73.1 Å².